The lowest BCUT2D eigenvalue weighted by molar-refractivity contribution is 0.102. The number of benzene rings is 1. The molecule has 0 aliphatic carbocycles. The largest absolute Gasteiger partial charge is 0.321 e. The van der Waals surface area contributed by atoms with Crippen molar-refractivity contribution in [2.75, 3.05) is 10.0 Å². The van der Waals surface area contributed by atoms with Gasteiger partial charge in [-0.15, -0.1) is 0 Å². The molecule has 3 aromatic rings. The second-order valence-electron chi connectivity index (χ2n) is 4.75. The number of sulfonamides is 1. The highest BCUT2D eigenvalue weighted by Gasteiger charge is 2.16. The van der Waals surface area contributed by atoms with E-state index >= 15 is 0 Å². The molecule has 2 aromatic heterocycles. The van der Waals surface area contributed by atoms with Crippen LogP contribution in [0, 0.1) is 3.57 Å². The molecule has 2 heterocycles. The minimum atomic E-state index is -3.81. The van der Waals surface area contributed by atoms with Crippen molar-refractivity contribution in [2.45, 2.75) is 4.90 Å². The Morgan fingerprint density at radius 3 is 2.40 bits per heavy atom. The number of carbonyl (C=O) groups is 1. The first kappa shape index (κ1) is 17.3. The molecule has 0 saturated heterocycles. The average molecular weight is 470 g/mol. The molecule has 3 rings (SSSR count). The van der Waals surface area contributed by atoms with Crippen LogP contribution >= 0.6 is 22.6 Å². The molecule has 0 atom stereocenters. The van der Waals surface area contributed by atoms with Crippen LogP contribution in [0.2, 0.25) is 0 Å². The molecule has 128 valence electrons. The monoisotopic (exact) mass is 470 g/mol. The Hall–Kier alpha value is -2.54. The first-order chi connectivity index (χ1) is 12.0. The van der Waals surface area contributed by atoms with Gasteiger partial charge in [0.1, 0.15) is 5.69 Å². The molecule has 0 unspecified atom stereocenters. The summed E-state index contributed by atoms with van der Waals surface area (Å²) in [5.74, 6) is -0.387. The molecule has 3 N–H and O–H groups in total. The van der Waals surface area contributed by atoms with E-state index in [2.05, 4.69) is 30.2 Å². The molecular formula is C14H11IN6O3S. The van der Waals surface area contributed by atoms with Crippen molar-refractivity contribution in [3.05, 3.63) is 58.2 Å². The summed E-state index contributed by atoms with van der Waals surface area (Å²) < 4.78 is 27.5. The van der Waals surface area contributed by atoms with Crippen LogP contribution in [-0.4, -0.2) is 34.5 Å². The summed E-state index contributed by atoms with van der Waals surface area (Å²) in [6, 6.07) is 7.30. The van der Waals surface area contributed by atoms with E-state index in [1.807, 2.05) is 22.6 Å². The molecule has 0 bridgehead atoms. The zero-order chi connectivity index (χ0) is 17.9. The van der Waals surface area contributed by atoms with E-state index in [1.54, 1.807) is 6.07 Å². The van der Waals surface area contributed by atoms with Crippen LogP contribution in [0.25, 0.3) is 0 Å². The number of hydrogen-bond donors (Lipinski definition) is 3. The molecule has 0 saturated carbocycles. The Bertz CT molecular complexity index is 989. The molecule has 1 amide bonds. The Balaban J connectivity index is 1.73. The summed E-state index contributed by atoms with van der Waals surface area (Å²) in [7, 11) is -3.81. The number of rotatable bonds is 5. The van der Waals surface area contributed by atoms with E-state index < -0.39 is 10.0 Å². The summed E-state index contributed by atoms with van der Waals surface area (Å²) in [4.78, 5) is 19.7. The molecule has 25 heavy (non-hydrogen) atoms. The van der Waals surface area contributed by atoms with E-state index in [4.69, 9.17) is 0 Å². The average Bonchev–Trinajstić information content (AvgIpc) is 3.02. The number of anilines is 2. The molecule has 0 radical (unpaired) electrons. The summed E-state index contributed by atoms with van der Waals surface area (Å²) in [6.45, 7) is 0. The lowest BCUT2D eigenvalue weighted by atomic mass is 10.3. The van der Waals surface area contributed by atoms with Crippen LogP contribution in [0.3, 0.4) is 0 Å². The molecular weight excluding hydrogens is 459 g/mol. The first-order valence-electron chi connectivity index (χ1n) is 6.86. The van der Waals surface area contributed by atoms with Crippen molar-refractivity contribution in [2.24, 2.45) is 0 Å². The Morgan fingerprint density at radius 1 is 1.12 bits per heavy atom. The van der Waals surface area contributed by atoms with E-state index in [0.29, 0.717) is 15.0 Å². The van der Waals surface area contributed by atoms with Crippen molar-refractivity contribution < 1.29 is 13.2 Å². The highest BCUT2D eigenvalue weighted by molar-refractivity contribution is 14.1. The fourth-order valence-electron chi connectivity index (χ4n) is 1.87. The highest BCUT2D eigenvalue weighted by atomic mass is 127. The summed E-state index contributed by atoms with van der Waals surface area (Å²) in [5, 5.41) is 9.04. The van der Waals surface area contributed by atoms with Crippen LogP contribution in [0.5, 0.6) is 0 Å². The smallest absolute Gasteiger partial charge is 0.274 e. The lowest BCUT2D eigenvalue weighted by Crippen LogP contribution is -2.16. The molecule has 1 aromatic carbocycles. The minimum absolute atomic E-state index is 0.0197. The van der Waals surface area contributed by atoms with Crippen molar-refractivity contribution in [3.8, 4) is 0 Å². The Morgan fingerprint density at radius 2 is 1.80 bits per heavy atom. The maximum absolute atomic E-state index is 12.3. The van der Waals surface area contributed by atoms with Crippen LogP contribution in [0.15, 0.2) is 53.8 Å². The summed E-state index contributed by atoms with van der Waals surface area (Å²) in [6.07, 6.45) is 4.39. The fraction of sp³-hybridized carbons (Fsp3) is 0. The molecule has 0 spiro atoms. The molecule has 0 aliphatic heterocycles. The number of aromatic nitrogens is 4. The predicted molar refractivity (Wildman–Crippen MR) is 98.5 cm³/mol. The minimum Gasteiger partial charge on any atom is -0.321 e. The number of aromatic amines is 1. The van der Waals surface area contributed by atoms with Crippen molar-refractivity contribution in [3.63, 3.8) is 0 Å². The number of amides is 1. The third-order valence-corrected chi connectivity index (χ3v) is 5.20. The number of carbonyl (C=O) groups excluding carboxylic acids is 1. The molecule has 11 heteroatoms. The predicted octanol–water partition coefficient (Wildman–Crippen LogP) is 1.86. The van der Waals surface area contributed by atoms with Crippen molar-refractivity contribution in [1.29, 1.82) is 0 Å². The van der Waals surface area contributed by atoms with Gasteiger partial charge in [-0.1, -0.05) is 0 Å². The maximum Gasteiger partial charge on any atom is 0.274 e. The topological polar surface area (TPSA) is 130 Å². The van der Waals surface area contributed by atoms with Gasteiger partial charge in [0, 0.05) is 18.1 Å². The third kappa shape index (κ3) is 4.11. The van der Waals surface area contributed by atoms with Gasteiger partial charge < -0.3 is 5.32 Å². The van der Waals surface area contributed by atoms with E-state index in [-0.39, 0.29) is 16.8 Å². The van der Waals surface area contributed by atoms with Gasteiger partial charge in [-0.2, -0.15) is 5.10 Å². The van der Waals surface area contributed by atoms with Crippen LogP contribution in [0.4, 0.5) is 11.6 Å². The molecule has 9 nitrogen and oxygen atoms in total. The Labute approximate surface area is 156 Å². The van der Waals surface area contributed by atoms with Gasteiger partial charge in [-0.05, 0) is 52.9 Å². The van der Waals surface area contributed by atoms with E-state index in [1.165, 1.54) is 42.9 Å². The van der Waals surface area contributed by atoms with Crippen molar-refractivity contribution in [1.82, 2.24) is 20.2 Å². The number of nitrogens with zero attached hydrogens (tertiary/aromatic N) is 3. The SMILES string of the molecule is O=C(Nc1ccc(S(=O)(=O)Nc2ncccn2)cc1)c1[nH]ncc1I. The normalized spacial score (nSPS) is 11.1. The number of H-pyrrole nitrogens is 1. The summed E-state index contributed by atoms with van der Waals surface area (Å²) in [5.41, 5.74) is 0.783. The van der Waals surface area contributed by atoms with Gasteiger partial charge in [0.05, 0.1) is 14.7 Å². The number of hydrogen-bond acceptors (Lipinski definition) is 6. The van der Waals surface area contributed by atoms with Gasteiger partial charge in [0.15, 0.2) is 0 Å². The fourth-order valence-corrected chi connectivity index (χ4v) is 3.34. The Kier molecular flexibility index (Phi) is 4.94. The van der Waals surface area contributed by atoms with Crippen LogP contribution < -0.4 is 10.0 Å². The van der Waals surface area contributed by atoms with E-state index in [9.17, 15) is 13.2 Å². The second-order valence-corrected chi connectivity index (χ2v) is 7.59. The zero-order valence-corrected chi connectivity index (χ0v) is 15.4. The lowest BCUT2D eigenvalue weighted by Gasteiger charge is -2.08. The van der Waals surface area contributed by atoms with Crippen molar-refractivity contribution >= 4 is 50.2 Å². The van der Waals surface area contributed by atoms with Gasteiger partial charge in [-0.3, -0.25) is 9.89 Å². The molecule has 0 fully saturated rings. The van der Waals surface area contributed by atoms with Crippen LogP contribution in [0.1, 0.15) is 10.5 Å². The third-order valence-electron chi connectivity index (χ3n) is 3.03. The quantitative estimate of drug-likeness (QED) is 0.489. The van der Waals surface area contributed by atoms with E-state index in [0.717, 1.165) is 0 Å². The summed E-state index contributed by atoms with van der Waals surface area (Å²) >= 11 is 1.99. The number of halogens is 1. The zero-order valence-electron chi connectivity index (χ0n) is 12.5. The van der Waals surface area contributed by atoms with Gasteiger partial charge in [-0.25, -0.2) is 23.1 Å². The highest BCUT2D eigenvalue weighted by Crippen LogP contribution is 2.17. The molecule has 0 aliphatic rings. The van der Waals surface area contributed by atoms with Crippen LogP contribution in [-0.2, 0) is 10.0 Å². The van der Waals surface area contributed by atoms with Gasteiger partial charge in [0.2, 0.25) is 5.95 Å². The first-order valence-corrected chi connectivity index (χ1v) is 9.42. The second kappa shape index (κ2) is 7.14. The number of nitrogens with one attached hydrogen (secondary N) is 3. The van der Waals surface area contributed by atoms with Gasteiger partial charge >= 0.3 is 0 Å². The maximum atomic E-state index is 12.3. The standard InChI is InChI=1S/C14H11IN6O3S/c15-11-8-18-20-12(11)13(22)19-9-2-4-10(5-3-9)25(23,24)21-14-16-6-1-7-17-14/h1-8H,(H,18,20)(H,19,22)(H,16,17,21). The van der Waals surface area contributed by atoms with Gasteiger partial charge in [0.25, 0.3) is 15.9 Å².